The second-order valence-electron chi connectivity index (χ2n) is 7.59. The fourth-order valence-corrected chi connectivity index (χ4v) is 4.32. The van der Waals surface area contributed by atoms with Crippen LogP contribution in [-0.4, -0.2) is 61.1 Å². The zero-order valence-corrected chi connectivity index (χ0v) is 14.7. The van der Waals surface area contributed by atoms with Crippen LogP contribution in [0.5, 0.6) is 0 Å². The number of carbonyl (C=O) groups excluding carboxylic acids is 1. The molecule has 25 heavy (non-hydrogen) atoms. The first-order valence-corrected chi connectivity index (χ1v) is 9.58. The Kier molecular flexibility index (Phi) is 5.04. The summed E-state index contributed by atoms with van der Waals surface area (Å²) in [7, 11) is 0. The van der Waals surface area contributed by atoms with Crippen molar-refractivity contribution in [2.75, 3.05) is 39.4 Å². The lowest BCUT2D eigenvalue weighted by molar-refractivity contribution is -0.137. The molecule has 3 fully saturated rings. The number of likely N-dealkylation sites (tertiary alicyclic amines) is 1. The Labute approximate surface area is 148 Å². The number of halogens is 1. The minimum atomic E-state index is -0.214. The second kappa shape index (κ2) is 7.42. The predicted octanol–water partition coefficient (Wildman–Crippen LogP) is 2.64. The topological polar surface area (TPSA) is 32.8 Å². The maximum absolute atomic E-state index is 13.1. The van der Waals surface area contributed by atoms with Crippen molar-refractivity contribution in [1.82, 2.24) is 9.80 Å². The number of amides is 1. The highest BCUT2D eigenvalue weighted by Crippen LogP contribution is 2.49. The molecule has 2 aliphatic heterocycles. The minimum Gasteiger partial charge on any atom is -0.379 e. The summed E-state index contributed by atoms with van der Waals surface area (Å²) in [5.74, 6) is 0.469. The quantitative estimate of drug-likeness (QED) is 0.840. The molecule has 3 atom stereocenters. The molecular weight excluding hydrogens is 319 g/mol. The van der Waals surface area contributed by atoms with Crippen LogP contribution in [0.3, 0.4) is 0 Å². The van der Waals surface area contributed by atoms with Crippen LogP contribution in [0.2, 0.25) is 0 Å². The van der Waals surface area contributed by atoms with Gasteiger partial charge in [0.1, 0.15) is 5.82 Å². The van der Waals surface area contributed by atoms with Crippen molar-refractivity contribution in [1.29, 1.82) is 0 Å². The largest absolute Gasteiger partial charge is 0.379 e. The first-order valence-electron chi connectivity index (χ1n) is 9.58. The van der Waals surface area contributed by atoms with Gasteiger partial charge in [-0.2, -0.15) is 0 Å². The van der Waals surface area contributed by atoms with Gasteiger partial charge in [-0.25, -0.2) is 4.39 Å². The Bertz CT molecular complexity index is 600. The second-order valence-corrected chi connectivity index (χ2v) is 7.59. The Morgan fingerprint density at radius 3 is 2.64 bits per heavy atom. The Morgan fingerprint density at radius 1 is 1.12 bits per heavy atom. The lowest BCUT2D eigenvalue weighted by atomic mass is 10.00. The molecule has 0 unspecified atom stereocenters. The van der Waals surface area contributed by atoms with Gasteiger partial charge in [-0.05, 0) is 49.3 Å². The van der Waals surface area contributed by atoms with E-state index in [9.17, 15) is 9.18 Å². The summed E-state index contributed by atoms with van der Waals surface area (Å²) in [5.41, 5.74) is 1.10. The molecule has 0 N–H and O–H groups in total. The number of piperidine rings is 1. The van der Waals surface area contributed by atoms with E-state index < -0.39 is 0 Å². The van der Waals surface area contributed by atoms with Crippen LogP contribution in [0.4, 0.5) is 4.39 Å². The first kappa shape index (κ1) is 17.0. The molecule has 0 spiro atoms. The molecule has 1 aromatic rings. The molecule has 4 nitrogen and oxygen atoms in total. The normalized spacial score (nSPS) is 30.3. The van der Waals surface area contributed by atoms with Gasteiger partial charge in [-0.15, -0.1) is 0 Å². The molecule has 0 radical (unpaired) electrons. The standard InChI is InChI=1S/C20H27FN2O2/c21-16-6-4-15(5-7-16)18-13-19(18)20(24)23-8-2-1-3-17(23)14-22-9-11-25-12-10-22/h4-7,17-19H,1-3,8-14H2/t17-,18-,19+/m0/s1. The molecule has 1 saturated carbocycles. The van der Waals surface area contributed by atoms with Gasteiger partial charge in [0.15, 0.2) is 0 Å². The molecule has 4 rings (SSSR count). The zero-order chi connectivity index (χ0) is 17.2. The van der Waals surface area contributed by atoms with Crippen LogP contribution in [0.15, 0.2) is 24.3 Å². The van der Waals surface area contributed by atoms with E-state index in [1.165, 1.54) is 18.6 Å². The van der Waals surface area contributed by atoms with Crippen LogP contribution in [0.1, 0.15) is 37.2 Å². The Morgan fingerprint density at radius 2 is 1.88 bits per heavy atom. The number of hydrogen-bond donors (Lipinski definition) is 0. The van der Waals surface area contributed by atoms with E-state index in [-0.39, 0.29) is 17.7 Å². The number of hydrogen-bond acceptors (Lipinski definition) is 3. The highest BCUT2D eigenvalue weighted by atomic mass is 19.1. The third-order valence-electron chi connectivity index (χ3n) is 5.89. The van der Waals surface area contributed by atoms with Gasteiger partial charge in [0.2, 0.25) is 5.91 Å². The number of rotatable bonds is 4. The van der Waals surface area contributed by atoms with Crippen LogP contribution in [-0.2, 0) is 9.53 Å². The highest BCUT2D eigenvalue weighted by molar-refractivity contribution is 5.83. The third kappa shape index (κ3) is 3.87. The molecule has 136 valence electrons. The average Bonchev–Trinajstić information content (AvgIpc) is 3.44. The van der Waals surface area contributed by atoms with E-state index in [2.05, 4.69) is 9.80 Å². The van der Waals surface area contributed by atoms with Crippen molar-refractivity contribution in [3.63, 3.8) is 0 Å². The molecule has 0 bridgehead atoms. The maximum atomic E-state index is 13.1. The molecule has 2 saturated heterocycles. The van der Waals surface area contributed by atoms with E-state index in [0.717, 1.165) is 64.2 Å². The summed E-state index contributed by atoms with van der Waals surface area (Å²) in [5, 5.41) is 0. The fourth-order valence-electron chi connectivity index (χ4n) is 4.32. The third-order valence-corrected chi connectivity index (χ3v) is 5.89. The van der Waals surface area contributed by atoms with Gasteiger partial charge in [-0.1, -0.05) is 12.1 Å². The van der Waals surface area contributed by atoms with Crippen LogP contribution < -0.4 is 0 Å². The van der Waals surface area contributed by atoms with Crippen molar-refractivity contribution >= 4 is 5.91 Å². The van der Waals surface area contributed by atoms with E-state index in [4.69, 9.17) is 4.74 Å². The van der Waals surface area contributed by atoms with Gasteiger partial charge >= 0.3 is 0 Å². The fraction of sp³-hybridized carbons (Fsp3) is 0.650. The average molecular weight is 346 g/mol. The Balaban J connectivity index is 1.38. The molecule has 1 aliphatic carbocycles. The number of nitrogens with zero attached hydrogens (tertiary/aromatic N) is 2. The predicted molar refractivity (Wildman–Crippen MR) is 93.9 cm³/mol. The lowest BCUT2D eigenvalue weighted by Gasteiger charge is -2.40. The number of benzene rings is 1. The van der Waals surface area contributed by atoms with Gasteiger partial charge in [-0.3, -0.25) is 9.69 Å². The van der Waals surface area contributed by atoms with Crippen LogP contribution in [0.25, 0.3) is 0 Å². The van der Waals surface area contributed by atoms with E-state index in [1.807, 2.05) is 12.1 Å². The van der Waals surface area contributed by atoms with Crippen molar-refractivity contribution < 1.29 is 13.9 Å². The van der Waals surface area contributed by atoms with E-state index in [1.54, 1.807) is 0 Å². The molecular formula is C20H27FN2O2. The minimum absolute atomic E-state index is 0.0933. The summed E-state index contributed by atoms with van der Waals surface area (Å²) in [4.78, 5) is 17.7. The van der Waals surface area contributed by atoms with Crippen LogP contribution >= 0.6 is 0 Å². The van der Waals surface area contributed by atoms with Crippen LogP contribution in [0, 0.1) is 11.7 Å². The van der Waals surface area contributed by atoms with Crippen molar-refractivity contribution in [2.24, 2.45) is 5.92 Å². The number of morpholine rings is 1. The Hall–Kier alpha value is -1.46. The number of carbonyl (C=O) groups is 1. The summed E-state index contributed by atoms with van der Waals surface area (Å²) < 4.78 is 18.5. The van der Waals surface area contributed by atoms with Crippen molar-refractivity contribution in [2.45, 2.75) is 37.6 Å². The molecule has 5 heteroatoms. The lowest BCUT2D eigenvalue weighted by Crippen LogP contribution is -2.51. The number of ether oxygens (including phenoxy) is 1. The SMILES string of the molecule is O=C([C@@H]1C[C@H]1c1ccc(F)cc1)N1CCCC[C@H]1CN1CCOCC1. The van der Waals surface area contributed by atoms with E-state index >= 15 is 0 Å². The van der Waals surface area contributed by atoms with E-state index in [0.29, 0.717) is 11.9 Å². The van der Waals surface area contributed by atoms with Gasteiger partial charge in [0.25, 0.3) is 0 Å². The summed E-state index contributed by atoms with van der Waals surface area (Å²) in [6.07, 6.45) is 4.34. The maximum Gasteiger partial charge on any atom is 0.226 e. The van der Waals surface area contributed by atoms with Gasteiger partial charge in [0, 0.05) is 38.1 Å². The van der Waals surface area contributed by atoms with Crippen molar-refractivity contribution in [3.05, 3.63) is 35.6 Å². The molecule has 3 aliphatic rings. The van der Waals surface area contributed by atoms with Gasteiger partial charge < -0.3 is 9.64 Å². The molecule has 1 amide bonds. The smallest absolute Gasteiger partial charge is 0.226 e. The molecule has 1 aromatic carbocycles. The monoisotopic (exact) mass is 346 g/mol. The summed E-state index contributed by atoms with van der Waals surface area (Å²) in [6, 6.07) is 6.99. The first-order chi connectivity index (χ1) is 12.2. The molecule has 0 aromatic heterocycles. The summed E-state index contributed by atoms with van der Waals surface area (Å²) >= 11 is 0. The zero-order valence-electron chi connectivity index (χ0n) is 14.7. The van der Waals surface area contributed by atoms with Crippen molar-refractivity contribution in [3.8, 4) is 0 Å². The highest BCUT2D eigenvalue weighted by Gasteiger charge is 2.47. The summed E-state index contributed by atoms with van der Waals surface area (Å²) in [6.45, 7) is 5.41. The van der Waals surface area contributed by atoms with Gasteiger partial charge in [0.05, 0.1) is 13.2 Å². The molecule has 2 heterocycles.